The lowest BCUT2D eigenvalue weighted by molar-refractivity contribution is 0.102. The monoisotopic (exact) mass is 246 g/mol. The molecule has 0 radical (unpaired) electrons. The van der Waals surface area contributed by atoms with Gasteiger partial charge in [-0.15, -0.1) is 0 Å². The molecule has 94 valence electrons. The second kappa shape index (κ2) is 4.87. The molecule has 0 atom stereocenters. The summed E-state index contributed by atoms with van der Waals surface area (Å²) >= 11 is 0. The third-order valence-corrected chi connectivity index (χ3v) is 2.53. The molecule has 2 aromatic heterocycles. The predicted octanol–water partition coefficient (Wildman–Crippen LogP) is 1.77. The van der Waals surface area contributed by atoms with Crippen LogP contribution in [0.3, 0.4) is 0 Å². The van der Waals surface area contributed by atoms with Gasteiger partial charge in [0, 0.05) is 6.42 Å². The minimum atomic E-state index is -0.253. The quantitative estimate of drug-likeness (QED) is 0.860. The molecule has 0 aliphatic carbocycles. The van der Waals surface area contributed by atoms with Gasteiger partial charge in [-0.1, -0.05) is 12.1 Å². The number of carbonyl (C=O) groups is 1. The van der Waals surface area contributed by atoms with E-state index in [1.54, 1.807) is 19.1 Å². The Morgan fingerprint density at radius 1 is 1.50 bits per heavy atom. The minimum absolute atomic E-state index is 0.253. The zero-order chi connectivity index (χ0) is 13.1. The van der Waals surface area contributed by atoms with Gasteiger partial charge in [0.2, 0.25) is 0 Å². The largest absolute Gasteiger partial charge is 0.384 e. The summed E-state index contributed by atoms with van der Waals surface area (Å²) in [6.45, 7) is 3.64. The Morgan fingerprint density at radius 3 is 2.89 bits per heavy atom. The average molecular weight is 246 g/mol. The highest BCUT2D eigenvalue weighted by molar-refractivity contribution is 6.05. The number of aromatic nitrogens is 2. The van der Waals surface area contributed by atoms with Crippen molar-refractivity contribution in [1.82, 2.24) is 10.1 Å². The average Bonchev–Trinajstić information content (AvgIpc) is 2.73. The van der Waals surface area contributed by atoms with Crippen LogP contribution in [0, 0.1) is 6.92 Å². The third kappa shape index (κ3) is 2.32. The van der Waals surface area contributed by atoms with Gasteiger partial charge in [0.05, 0.1) is 17.6 Å². The van der Waals surface area contributed by atoms with Crippen LogP contribution in [0.25, 0.3) is 0 Å². The van der Waals surface area contributed by atoms with Crippen molar-refractivity contribution in [2.45, 2.75) is 20.3 Å². The van der Waals surface area contributed by atoms with E-state index in [4.69, 9.17) is 10.3 Å². The SMILES string of the molecule is CCc1onc(C)c1C(=O)Nc1ccc(N)nc1. The molecule has 0 bridgehead atoms. The van der Waals surface area contributed by atoms with E-state index in [2.05, 4.69) is 15.5 Å². The molecular formula is C12H14N4O2. The van der Waals surface area contributed by atoms with Crippen molar-refractivity contribution in [2.24, 2.45) is 0 Å². The molecule has 6 nitrogen and oxygen atoms in total. The first-order valence-corrected chi connectivity index (χ1v) is 5.59. The number of aryl methyl sites for hydroxylation is 2. The Hall–Kier alpha value is -2.37. The van der Waals surface area contributed by atoms with E-state index >= 15 is 0 Å². The Bertz CT molecular complexity index is 560. The lowest BCUT2D eigenvalue weighted by Crippen LogP contribution is -2.14. The van der Waals surface area contributed by atoms with Crippen molar-refractivity contribution in [1.29, 1.82) is 0 Å². The Labute approximate surface area is 104 Å². The summed E-state index contributed by atoms with van der Waals surface area (Å²) in [6, 6.07) is 3.31. The fraction of sp³-hybridized carbons (Fsp3) is 0.250. The Balaban J connectivity index is 2.21. The predicted molar refractivity (Wildman–Crippen MR) is 67.2 cm³/mol. The van der Waals surface area contributed by atoms with Gasteiger partial charge in [-0.3, -0.25) is 4.79 Å². The van der Waals surface area contributed by atoms with Crippen LogP contribution in [0.2, 0.25) is 0 Å². The smallest absolute Gasteiger partial charge is 0.261 e. The molecule has 0 aliphatic rings. The highest BCUT2D eigenvalue weighted by Crippen LogP contribution is 2.16. The normalized spacial score (nSPS) is 10.3. The fourth-order valence-corrected chi connectivity index (χ4v) is 1.62. The number of amides is 1. The fourth-order valence-electron chi connectivity index (χ4n) is 1.62. The van der Waals surface area contributed by atoms with Gasteiger partial charge in [0.15, 0.2) is 0 Å². The van der Waals surface area contributed by atoms with E-state index in [1.807, 2.05) is 6.92 Å². The molecule has 2 aromatic rings. The van der Waals surface area contributed by atoms with Crippen molar-refractivity contribution < 1.29 is 9.32 Å². The van der Waals surface area contributed by atoms with E-state index in [-0.39, 0.29) is 5.91 Å². The van der Waals surface area contributed by atoms with Gasteiger partial charge in [-0.25, -0.2) is 4.98 Å². The van der Waals surface area contributed by atoms with E-state index in [0.29, 0.717) is 34.9 Å². The molecule has 0 aromatic carbocycles. The summed E-state index contributed by atoms with van der Waals surface area (Å²) in [5, 5.41) is 6.52. The van der Waals surface area contributed by atoms with E-state index < -0.39 is 0 Å². The van der Waals surface area contributed by atoms with E-state index in [0.717, 1.165) is 0 Å². The number of nitrogens with two attached hydrogens (primary N) is 1. The van der Waals surface area contributed by atoms with Gasteiger partial charge in [-0.2, -0.15) is 0 Å². The lowest BCUT2D eigenvalue weighted by atomic mass is 10.1. The summed E-state index contributed by atoms with van der Waals surface area (Å²) in [5.74, 6) is 0.731. The number of hydrogen-bond donors (Lipinski definition) is 2. The van der Waals surface area contributed by atoms with Crippen LogP contribution in [0.4, 0.5) is 11.5 Å². The summed E-state index contributed by atoms with van der Waals surface area (Å²) < 4.78 is 5.08. The molecule has 2 rings (SSSR count). The maximum Gasteiger partial charge on any atom is 0.261 e. The van der Waals surface area contributed by atoms with Crippen LogP contribution in [0.1, 0.15) is 28.7 Å². The molecule has 1 amide bonds. The highest BCUT2D eigenvalue weighted by atomic mass is 16.5. The Kier molecular flexibility index (Phi) is 3.27. The van der Waals surface area contributed by atoms with Crippen molar-refractivity contribution >= 4 is 17.4 Å². The topological polar surface area (TPSA) is 94.0 Å². The Morgan fingerprint density at radius 2 is 2.28 bits per heavy atom. The number of carbonyl (C=O) groups excluding carboxylic acids is 1. The molecule has 0 saturated carbocycles. The molecular weight excluding hydrogens is 232 g/mol. The van der Waals surface area contributed by atoms with Crippen LogP contribution in [-0.2, 0) is 6.42 Å². The zero-order valence-electron chi connectivity index (χ0n) is 10.2. The van der Waals surface area contributed by atoms with Crippen molar-refractivity contribution in [3.63, 3.8) is 0 Å². The number of nitrogens with zero attached hydrogens (tertiary/aromatic N) is 2. The summed E-state index contributed by atoms with van der Waals surface area (Å²) in [4.78, 5) is 16.0. The standard InChI is InChI=1S/C12H14N4O2/c1-3-9-11(7(2)16-18-9)12(17)15-8-4-5-10(13)14-6-8/h4-6H,3H2,1-2H3,(H2,13,14)(H,15,17). The van der Waals surface area contributed by atoms with E-state index in [9.17, 15) is 4.79 Å². The van der Waals surface area contributed by atoms with Gasteiger partial charge >= 0.3 is 0 Å². The molecule has 0 aliphatic heterocycles. The van der Waals surface area contributed by atoms with Crippen LogP contribution >= 0.6 is 0 Å². The number of anilines is 2. The second-order valence-electron chi connectivity index (χ2n) is 3.85. The third-order valence-electron chi connectivity index (χ3n) is 2.53. The van der Waals surface area contributed by atoms with Crippen LogP contribution in [0.5, 0.6) is 0 Å². The second-order valence-corrected chi connectivity index (χ2v) is 3.85. The molecule has 2 heterocycles. The maximum atomic E-state index is 12.1. The lowest BCUT2D eigenvalue weighted by Gasteiger charge is -2.04. The van der Waals surface area contributed by atoms with Crippen LogP contribution < -0.4 is 11.1 Å². The van der Waals surface area contributed by atoms with Crippen LogP contribution in [-0.4, -0.2) is 16.0 Å². The summed E-state index contributed by atoms with van der Waals surface area (Å²) in [6.07, 6.45) is 2.12. The summed E-state index contributed by atoms with van der Waals surface area (Å²) in [7, 11) is 0. The van der Waals surface area contributed by atoms with Gasteiger partial charge in [0.1, 0.15) is 17.1 Å². The van der Waals surface area contributed by atoms with Crippen LogP contribution in [0.15, 0.2) is 22.9 Å². The minimum Gasteiger partial charge on any atom is -0.384 e. The summed E-state index contributed by atoms with van der Waals surface area (Å²) in [5.41, 5.74) is 7.11. The van der Waals surface area contributed by atoms with Gasteiger partial charge in [-0.05, 0) is 19.1 Å². The first kappa shape index (κ1) is 12.1. The van der Waals surface area contributed by atoms with Crippen molar-refractivity contribution in [3.8, 4) is 0 Å². The number of rotatable bonds is 3. The number of nitrogen functional groups attached to an aromatic ring is 1. The molecule has 3 N–H and O–H groups in total. The number of pyridine rings is 1. The molecule has 0 fully saturated rings. The molecule has 6 heteroatoms. The first-order chi connectivity index (χ1) is 8.61. The van der Waals surface area contributed by atoms with Gasteiger partial charge in [0.25, 0.3) is 5.91 Å². The number of nitrogens with one attached hydrogen (secondary N) is 1. The van der Waals surface area contributed by atoms with Gasteiger partial charge < -0.3 is 15.6 Å². The zero-order valence-corrected chi connectivity index (χ0v) is 10.2. The first-order valence-electron chi connectivity index (χ1n) is 5.59. The number of hydrogen-bond acceptors (Lipinski definition) is 5. The van der Waals surface area contributed by atoms with Crippen molar-refractivity contribution in [2.75, 3.05) is 11.1 Å². The maximum absolute atomic E-state index is 12.1. The highest BCUT2D eigenvalue weighted by Gasteiger charge is 2.19. The molecule has 0 saturated heterocycles. The molecule has 0 spiro atoms. The van der Waals surface area contributed by atoms with E-state index in [1.165, 1.54) is 6.20 Å². The molecule has 0 unspecified atom stereocenters. The molecule has 18 heavy (non-hydrogen) atoms. The van der Waals surface area contributed by atoms with Crippen molar-refractivity contribution in [3.05, 3.63) is 35.3 Å².